The van der Waals surface area contributed by atoms with E-state index in [1.54, 1.807) is 6.92 Å². The fraction of sp³-hybridized carbons (Fsp3) is 0.364. The fourth-order valence-corrected chi connectivity index (χ4v) is 1.50. The highest BCUT2D eigenvalue weighted by atomic mass is 16.6. The van der Waals surface area contributed by atoms with Crippen LogP contribution in [-0.2, 0) is 4.74 Å². The van der Waals surface area contributed by atoms with Gasteiger partial charge in [-0.25, -0.2) is 0 Å². The van der Waals surface area contributed by atoms with Gasteiger partial charge in [0.2, 0.25) is 0 Å². The second-order valence-electron chi connectivity index (χ2n) is 3.83. The van der Waals surface area contributed by atoms with Crippen LogP contribution >= 0.6 is 0 Å². The molecule has 0 aliphatic carbocycles. The quantitative estimate of drug-likeness (QED) is 0.461. The summed E-state index contributed by atoms with van der Waals surface area (Å²) >= 11 is 0. The van der Waals surface area contributed by atoms with E-state index in [0.29, 0.717) is 6.61 Å². The van der Waals surface area contributed by atoms with Gasteiger partial charge in [-0.1, -0.05) is 6.07 Å². The van der Waals surface area contributed by atoms with Crippen LogP contribution in [0, 0.1) is 10.1 Å². The highest BCUT2D eigenvalue weighted by molar-refractivity contribution is 6.01. The molecule has 18 heavy (non-hydrogen) atoms. The minimum atomic E-state index is -0.620. The van der Waals surface area contributed by atoms with Crippen molar-refractivity contribution < 1.29 is 14.5 Å². The molecule has 0 aliphatic heterocycles. The van der Waals surface area contributed by atoms with E-state index >= 15 is 0 Å². The number of amides is 1. The van der Waals surface area contributed by atoms with Gasteiger partial charge in [0.25, 0.3) is 11.6 Å². The van der Waals surface area contributed by atoms with Crippen LogP contribution in [0.2, 0.25) is 0 Å². The first-order valence-corrected chi connectivity index (χ1v) is 5.30. The third-order valence-corrected chi connectivity index (χ3v) is 2.32. The summed E-state index contributed by atoms with van der Waals surface area (Å²) in [4.78, 5) is 21.9. The SMILES string of the molecule is COCC(C)NC(=O)c1cccc([N+](=O)[O-])c1N. The van der Waals surface area contributed by atoms with Crippen LogP contribution in [0.3, 0.4) is 0 Å². The first kappa shape index (κ1) is 13.9. The lowest BCUT2D eigenvalue weighted by atomic mass is 10.1. The number of anilines is 1. The van der Waals surface area contributed by atoms with Crippen molar-refractivity contribution in [1.29, 1.82) is 0 Å². The summed E-state index contributed by atoms with van der Waals surface area (Å²) in [6.45, 7) is 2.11. The third kappa shape index (κ3) is 3.17. The van der Waals surface area contributed by atoms with Crippen LogP contribution < -0.4 is 11.1 Å². The van der Waals surface area contributed by atoms with Crippen molar-refractivity contribution in [2.24, 2.45) is 0 Å². The Morgan fingerprint density at radius 1 is 1.61 bits per heavy atom. The predicted molar refractivity (Wildman–Crippen MR) is 66.3 cm³/mol. The number of methoxy groups -OCH3 is 1. The Bertz CT molecular complexity index is 462. The molecule has 1 amide bonds. The van der Waals surface area contributed by atoms with Gasteiger partial charge in [0.1, 0.15) is 5.69 Å². The molecule has 0 aliphatic rings. The van der Waals surface area contributed by atoms with Crippen LogP contribution in [0.1, 0.15) is 17.3 Å². The average molecular weight is 253 g/mol. The third-order valence-electron chi connectivity index (χ3n) is 2.32. The van der Waals surface area contributed by atoms with Gasteiger partial charge in [-0.15, -0.1) is 0 Å². The number of benzene rings is 1. The van der Waals surface area contributed by atoms with E-state index in [2.05, 4.69) is 5.32 Å². The molecule has 0 bridgehead atoms. The number of nitrogens with zero attached hydrogens (tertiary/aromatic N) is 1. The topological polar surface area (TPSA) is 107 Å². The molecule has 1 aromatic carbocycles. The number of nitro groups is 1. The summed E-state index contributed by atoms with van der Waals surface area (Å²) in [6.07, 6.45) is 0. The number of nitrogen functional groups attached to an aromatic ring is 1. The number of ether oxygens (including phenoxy) is 1. The van der Waals surface area contributed by atoms with E-state index in [1.165, 1.54) is 25.3 Å². The fourth-order valence-electron chi connectivity index (χ4n) is 1.50. The van der Waals surface area contributed by atoms with E-state index in [4.69, 9.17) is 10.5 Å². The summed E-state index contributed by atoms with van der Waals surface area (Å²) in [6, 6.07) is 3.91. The van der Waals surface area contributed by atoms with E-state index < -0.39 is 10.8 Å². The Kier molecular flexibility index (Phi) is 4.61. The second kappa shape index (κ2) is 5.97. The van der Waals surface area contributed by atoms with Crippen molar-refractivity contribution in [3.8, 4) is 0 Å². The van der Waals surface area contributed by atoms with Crippen molar-refractivity contribution in [2.75, 3.05) is 19.5 Å². The summed E-state index contributed by atoms with van der Waals surface area (Å²) in [5, 5.41) is 13.3. The number of nitro benzene ring substituents is 1. The van der Waals surface area contributed by atoms with E-state index in [9.17, 15) is 14.9 Å². The van der Waals surface area contributed by atoms with Gasteiger partial charge < -0.3 is 15.8 Å². The number of carbonyl (C=O) groups is 1. The molecule has 1 rings (SSSR count). The standard InChI is InChI=1S/C11H15N3O4/c1-7(6-18-2)13-11(15)8-4-3-5-9(10(8)12)14(16)17/h3-5,7H,6,12H2,1-2H3,(H,13,15). The van der Waals surface area contributed by atoms with Crippen LogP contribution in [0.25, 0.3) is 0 Å². The van der Waals surface area contributed by atoms with Gasteiger partial charge in [-0.05, 0) is 13.0 Å². The highest BCUT2D eigenvalue weighted by Crippen LogP contribution is 2.24. The largest absolute Gasteiger partial charge is 0.393 e. The molecule has 0 spiro atoms. The molecule has 1 unspecified atom stereocenters. The highest BCUT2D eigenvalue weighted by Gasteiger charge is 2.19. The molecule has 7 nitrogen and oxygen atoms in total. The van der Waals surface area contributed by atoms with Crippen LogP contribution in [0.15, 0.2) is 18.2 Å². The number of para-hydroxylation sites is 1. The summed E-state index contributed by atoms with van der Waals surface area (Å²) in [5.74, 6) is -0.458. The molecule has 1 aromatic rings. The zero-order valence-corrected chi connectivity index (χ0v) is 10.2. The molecule has 3 N–H and O–H groups in total. The molecule has 0 radical (unpaired) electrons. The maximum atomic E-state index is 11.9. The first-order chi connectivity index (χ1) is 8.47. The molecule has 0 saturated heterocycles. The van der Waals surface area contributed by atoms with Gasteiger partial charge in [0, 0.05) is 19.2 Å². The van der Waals surface area contributed by atoms with Crippen molar-refractivity contribution in [1.82, 2.24) is 5.32 Å². The lowest BCUT2D eigenvalue weighted by molar-refractivity contribution is -0.383. The molecule has 98 valence electrons. The van der Waals surface area contributed by atoms with Gasteiger partial charge in [0.15, 0.2) is 0 Å². The number of hydrogen-bond acceptors (Lipinski definition) is 5. The molecule has 0 saturated carbocycles. The van der Waals surface area contributed by atoms with Crippen LogP contribution in [-0.4, -0.2) is 30.6 Å². The Morgan fingerprint density at radius 3 is 2.83 bits per heavy atom. The van der Waals surface area contributed by atoms with Crippen LogP contribution in [0.4, 0.5) is 11.4 Å². The average Bonchev–Trinajstić information content (AvgIpc) is 2.28. The normalized spacial score (nSPS) is 11.9. The lowest BCUT2D eigenvalue weighted by Gasteiger charge is -2.13. The van der Waals surface area contributed by atoms with Gasteiger partial charge in [0.05, 0.1) is 17.1 Å². The first-order valence-electron chi connectivity index (χ1n) is 5.30. The van der Waals surface area contributed by atoms with Crippen molar-refractivity contribution in [3.63, 3.8) is 0 Å². The van der Waals surface area contributed by atoms with Crippen molar-refractivity contribution >= 4 is 17.3 Å². The minimum absolute atomic E-state index is 0.0900. The van der Waals surface area contributed by atoms with Gasteiger partial charge >= 0.3 is 0 Å². The Balaban J connectivity index is 2.93. The molecule has 7 heteroatoms. The molecule has 0 aromatic heterocycles. The predicted octanol–water partition coefficient (Wildman–Crippen LogP) is 0.942. The van der Waals surface area contributed by atoms with E-state index in [-0.39, 0.29) is 23.0 Å². The van der Waals surface area contributed by atoms with Crippen LogP contribution in [0.5, 0.6) is 0 Å². The molecule has 0 heterocycles. The lowest BCUT2D eigenvalue weighted by Crippen LogP contribution is -2.36. The van der Waals surface area contributed by atoms with E-state index in [1.807, 2.05) is 0 Å². The maximum absolute atomic E-state index is 11.9. The summed E-state index contributed by atoms with van der Waals surface area (Å²) in [7, 11) is 1.52. The van der Waals surface area contributed by atoms with Gasteiger partial charge in [-0.2, -0.15) is 0 Å². The summed E-state index contributed by atoms with van der Waals surface area (Å²) < 4.78 is 4.88. The monoisotopic (exact) mass is 253 g/mol. The number of nitrogens with two attached hydrogens (primary N) is 1. The zero-order valence-electron chi connectivity index (χ0n) is 10.2. The molecule has 1 atom stereocenters. The van der Waals surface area contributed by atoms with Gasteiger partial charge in [-0.3, -0.25) is 14.9 Å². The van der Waals surface area contributed by atoms with E-state index in [0.717, 1.165) is 0 Å². The molecular formula is C11H15N3O4. The zero-order chi connectivity index (χ0) is 13.7. The summed E-state index contributed by atoms with van der Waals surface area (Å²) in [5.41, 5.74) is 5.28. The Labute approximate surface area is 104 Å². The number of nitrogens with one attached hydrogen (secondary N) is 1. The maximum Gasteiger partial charge on any atom is 0.292 e. The smallest absolute Gasteiger partial charge is 0.292 e. The Morgan fingerprint density at radius 2 is 2.28 bits per heavy atom. The number of rotatable bonds is 5. The van der Waals surface area contributed by atoms with Crippen molar-refractivity contribution in [3.05, 3.63) is 33.9 Å². The number of hydrogen-bond donors (Lipinski definition) is 2. The van der Waals surface area contributed by atoms with Crippen molar-refractivity contribution in [2.45, 2.75) is 13.0 Å². The minimum Gasteiger partial charge on any atom is -0.393 e. The second-order valence-corrected chi connectivity index (χ2v) is 3.83. The number of carbonyl (C=O) groups excluding carboxylic acids is 1. The molecule has 0 fully saturated rings. The Hall–Kier alpha value is -2.15. The molecular weight excluding hydrogens is 238 g/mol.